The van der Waals surface area contributed by atoms with Gasteiger partial charge in [0.2, 0.25) is 15.9 Å². The van der Waals surface area contributed by atoms with Crippen molar-refractivity contribution in [2.75, 3.05) is 12.3 Å². The molecule has 0 bridgehead atoms. The molecule has 2 rings (SSSR count). The second-order valence-electron chi connectivity index (χ2n) is 7.70. The number of carbonyl (C=O) groups excluding carboxylic acids is 1. The van der Waals surface area contributed by atoms with Crippen molar-refractivity contribution >= 4 is 27.7 Å². The molecule has 1 amide bonds. The molecule has 1 fully saturated rings. The smallest absolute Gasteiger partial charge is 0.326 e. The third kappa shape index (κ3) is 8.19. The minimum Gasteiger partial charge on any atom is -0.480 e. The third-order valence-electron chi connectivity index (χ3n) is 5.07. The maximum atomic E-state index is 12.3. The van der Waals surface area contributed by atoms with E-state index in [1.54, 1.807) is 12.1 Å². The lowest BCUT2D eigenvalue weighted by Crippen LogP contribution is -2.44. The van der Waals surface area contributed by atoms with Crippen molar-refractivity contribution in [2.24, 2.45) is 5.73 Å². The Kier molecular flexibility index (Phi) is 9.57. The molecule has 1 aromatic carbocycles. The number of benzene rings is 1. The molecule has 1 heterocycles. The predicted octanol–water partition coefficient (Wildman–Crippen LogP) is 0.374. The van der Waals surface area contributed by atoms with Crippen molar-refractivity contribution in [3.05, 3.63) is 35.4 Å². The number of aliphatic carboxylic acids is 1. The number of unbranched alkanes of at least 4 members (excludes halogenated alkanes) is 1. The molecule has 0 radical (unpaired) electrons. The summed E-state index contributed by atoms with van der Waals surface area (Å²) in [4.78, 5) is 29.2. The lowest BCUT2D eigenvalue weighted by Gasteiger charge is -2.16. The zero-order valence-electron chi connectivity index (χ0n) is 18.0. The predicted molar refractivity (Wildman–Crippen MR) is 118 cm³/mol. The van der Waals surface area contributed by atoms with Gasteiger partial charge in [0.05, 0.1) is 24.3 Å². The SMILES string of the molecule is CCCCS(=O)(=O)NCCC(NC(=O)C[C@H]1C[C@@H](c2ccc(C(=N)N)cc2)NO1)C(=O)O. The highest BCUT2D eigenvalue weighted by Gasteiger charge is 2.30. The number of sulfonamides is 1. The van der Waals surface area contributed by atoms with E-state index in [1.165, 1.54) is 0 Å². The van der Waals surface area contributed by atoms with E-state index in [4.69, 9.17) is 16.0 Å². The normalized spacial score (nSPS) is 19.4. The molecule has 1 unspecified atom stereocenters. The Balaban J connectivity index is 1.80. The van der Waals surface area contributed by atoms with Crippen LogP contribution in [0.15, 0.2) is 24.3 Å². The topological polar surface area (TPSA) is 184 Å². The molecule has 0 aliphatic carbocycles. The number of carbonyl (C=O) groups is 2. The average Bonchev–Trinajstić information content (AvgIpc) is 3.19. The van der Waals surface area contributed by atoms with E-state index >= 15 is 0 Å². The molecule has 0 spiro atoms. The fraction of sp³-hybridized carbons (Fsp3) is 0.550. The number of nitrogens with one attached hydrogen (secondary N) is 4. The number of amides is 1. The van der Waals surface area contributed by atoms with Gasteiger partial charge < -0.3 is 16.2 Å². The summed E-state index contributed by atoms with van der Waals surface area (Å²) in [5.41, 5.74) is 9.83. The first-order valence-corrected chi connectivity index (χ1v) is 12.1. The fourth-order valence-corrected chi connectivity index (χ4v) is 4.49. The van der Waals surface area contributed by atoms with Crippen molar-refractivity contribution in [1.82, 2.24) is 15.5 Å². The van der Waals surface area contributed by atoms with Crippen molar-refractivity contribution in [2.45, 2.75) is 57.2 Å². The first kappa shape index (κ1) is 25.7. The Morgan fingerprint density at radius 3 is 2.62 bits per heavy atom. The molecule has 3 atom stereocenters. The number of hydroxylamine groups is 1. The molecule has 11 nitrogen and oxygen atoms in total. The van der Waals surface area contributed by atoms with Gasteiger partial charge in [0, 0.05) is 12.1 Å². The fourth-order valence-electron chi connectivity index (χ4n) is 3.24. The van der Waals surface area contributed by atoms with Crippen LogP contribution in [0.2, 0.25) is 0 Å². The minimum atomic E-state index is -3.45. The first-order valence-electron chi connectivity index (χ1n) is 10.5. The maximum Gasteiger partial charge on any atom is 0.326 e. The van der Waals surface area contributed by atoms with Crippen LogP contribution in [0.3, 0.4) is 0 Å². The molecule has 32 heavy (non-hydrogen) atoms. The minimum absolute atomic E-state index is 0.0156. The lowest BCUT2D eigenvalue weighted by molar-refractivity contribution is -0.142. The molecular weight excluding hydrogens is 438 g/mol. The molecule has 0 aromatic heterocycles. The Morgan fingerprint density at radius 2 is 2.03 bits per heavy atom. The van der Waals surface area contributed by atoms with Crippen molar-refractivity contribution in [3.8, 4) is 0 Å². The summed E-state index contributed by atoms with van der Waals surface area (Å²) in [6.45, 7) is 1.80. The van der Waals surface area contributed by atoms with Gasteiger partial charge in [0.1, 0.15) is 11.9 Å². The van der Waals surface area contributed by atoms with Crippen molar-refractivity contribution in [1.29, 1.82) is 5.41 Å². The second-order valence-corrected chi connectivity index (χ2v) is 9.63. The largest absolute Gasteiger partial charge is 0.480 e. The van der Waals surface area contributed by atoms with Crippen molar-refractivity contribution < 1.29 is 28.0 Å². The van der Waals surface area contributed by atoms with Gasteiger partial charge in [-0.1, -0.05) is 37.6 Å². The van der Waals surface area contributed by atoms with E-state index in [0.717, 1.165) is 12.0 Å². The zero-order valence-corrected chi connectivity index (χ0v) is 18.8. The van der Waals surface area contributed by atoms with Crippen LogP contribution in [0, 0.1) is 5.41 Å². The molecular formula is C20H31N5O6S. The molecule has 1 saturated heterocycles. The molecule has 0 saturated carbocycles. The molecule has 1 aliphatic rings. The molecule has 178 valence electrons. The van der Waals surface area contributed by atoms with Crippen LogP contribution in [-0.2, 0) is 24.4 Å². The van der Waals surface area contributed by atoms with Gasteiger partial charge in [0.25, 0.3) is 0 Å². The number of rotatable bonds is 13. The van der Waals surface area contributed by atoms with Crippen molar-refractivity contribution in [3.63, 3.8) is 0 Å². The lowest BCUT2D eigenvalue weighted by atomic mass is 9.99. The van der Waals surface area contributed by atoms with Crippen LogP contribution < -0.4 is 21.3 Å². The third-order valence-corrected chi connectivity index (χ3v) is 6.54. The zero-order chi connectivity index (χ0) is 23.7. The van der Waals surface area contributed by atoms with Crippen LogP contribution in [0.5, 0.6) is 0 Å². The van der Waals surface area contributed by atoms with Gasteiger partial charge in [0.15, 0.2) is 0 Å². The summed E-state index contributed by atoms with van der Waals surface area (Å²) in [5.74, 6) is -1.77. The number of hydrogen-bond donors (Lipinski definition) is 6. The quantitative estimate of drug-likeness (QED) is 0.177. The average molecular weight is 470 g/mol. The monoisotopic (exact) mass is 469 g/mol. The van der Waals surface area contributed by atoms with E-state index in [-0.39, 0.29) is 37.0 Å². The van der Waals surface area contributed by atoms with Crippen LogP contribution >= 0.6 is 0 Å². The molecule has 12 heteroatoms. The number of nitrogens with two attached hydrogens (primary N) is 1. The summed E-state index contributed by atoms with van der Waals surface area (Å²) in [5, 5.41) is 19.2. The van der Waals surface area contributed by atoms with Crippen LogP contribution in [0.1, 0.15) is 56.2 Å². The highest BCUT2D eigenvalue weighted by molar-refractivity contribution is 7.89. The van der Waals surface area contributed by atoms with E-state index in [1.807, 2.05) is 19.1 Å². The van der Waals surface area contributed by atoms with Gasteiger partial charge in [-0.3, -0.25) is 15.0 Å². The van der Waals surface area contributed by atoms with Gasteiger partial charge in [-0.05, 0) is 24.8 Å². The van der Waals surface area contributed by atoms with Crippen LogP contribution in [0.4, 0.5) is 0 Å². The highest BCUT2D eigenvalue weighted by Crippen LogP contribution is 2.27. The van der Waals surface area contributed by atoms with Gasteiger partial charge in [-0.2, -0.15) is 5.48 Å². The Morgan fingerprint density at radius 1 is 1.34 bits per heavy atom. The van der Waals surface area contributed by atoms with Gasteiger partial charge in [-0.15, -0.1) is 0 Å². The maximum absolute atomic E-state index is 12.3. The van der Waals surface area contributed by atoms with E-state index in [0.29, 0.717) is 18.4 Å². The summed E-state index contributed by atoms with van der Waals surface area (Å²) in [6, 6.07) is 5.74. The molecule has 7 N–H and O–H groups in total. The summed E-state index contributed by atoms with van der Waals surface area (Å²) >= 11 is 0. The van der Waals surface area contributed by atoms with E-state index in [2.05, 4.69) is 15.5 Å². The number of carboxylic acid groups (broad SMARTS) is 1. The van der Waals surface area contributed by atoms with E-state index in [9.17, 15) is 23.1 Å². The number of carboxylic acids is 1. The van der Waals surface area contributed by atoms with Gasteiger partial charge >= 0.3 is 5.97 Å². The van der Waals surface area contributed by atoms with Gasteiger partial charge in [-0.25, -0.2) is 17.9 Å². The number of nitrogen functional groups attached to an aromatic ring is 1. The second kappa shape index (κ2) is 11.9. The highest BCUT2D eigenvalue weighted by atomic mass is 32.2. The number of hydrogen-bond acceptors (Lipinski definition) is 7. The number of amidine groups is 1. The van der Waals surface area contributed by atoms with Crippen LogP contribution in [0.25, 0.3) is 0 Å². The standard InChI is InChI=1S/C20H31N5O6S/c1-2-3-10-32(29,30)23-9-8-16(20(27)28)24-18(26)12-15-11-17(25-31-15)13-4-6-14(7-5-13)19(21)22/h4-7,15-17,23,25H,2-3,8-12H2,1H3,(H3,21,22)(H,24,26)(H,27,28)/t15-,16?,17+/m1/s1. The van der Waals surface area contributed by atoms with Crippen LogP contribution in [-0.4, -0.2) is 55.7 Å². The molecule has 1 aromatic rings. The summed E-state index contributed by atoms with van der Waals surface area (Å²) in [7, 11) is -3.45. The Hall–Kier alpha value is -2.54. The Bertz CT molecular complexity index is 906. The molecule has 1 aliphatic heterocycles. The summed E-state index contributed by atoms with van der Waals surface area (Å²) in [6.07, 6.45) is 1.20. The van der Waals surface area contributed by atoms with E-state index < -0.39 is 34.0 Å². The summed E-state index contributed by atoms with van der Waals surface area (Å²) < 4.78 is 26.0. The first-order chi connectivity index (χ1) is 15.1. The Labute approximate surface area is 187 Å².